The molecule has 0 bridgehead atoms. The molecule has 0 aliphatic heterocycles. The fraction of sp³-hybridized carbons (Fsp3) is 1.00. The first-order valence-electron chi connectivity index (χ1n) is 15.0. The zero-order valence-electron chi connectivity index (χ0n) is 24.2. The van der Waals surface area contributed by atoms with E-state index in [4.69, 9.17) is 21.1 Å². The molecular weight excluding hydrogens is 440 g/mol. The molecule has 0 aromatic carbocycles. The van der Waals surface area contributed by atoms with Gasteiger partial charge in [-0.05, 0) is 87.9 Å². The van der Waals surface area contributed by atoms with Crippen LogP contribution in [0.15, 0.2) is 0 Å². The SMILES string of the molecule is CCCCOCC(CCC(Cl)(CCC(C)C)CCC(C)C)(COCCCC)C1CCCC(C)C1. The van der Waals surface area contributed by atoms with Gasteiger partial charge in [-0.1, -0.05) is 74.1 Å². The highest BCUT2D eigenvalue weighted by Gasteiger charge is 2.43. The lowest BCUT2D eigenvalue weighted by Gasteiger charge is -2.45. The van der Waals surface area contributed by atoms with Crippen LogP contribution in [-0.2, 0) is 9.47 Å². The van der Waals surface area contributed by atoms with Crippen LogP contribution in [-0.4, -0.2) is 31.3 Å². The van der Waals surface area contributed by atoms with Gasteiger partial charge in [0.2, 0.25) is 0 Å². The van der Waals surface area contributed by atoms with Gasteiger partial charge in [-0.15, -0.1) is 11.6 Å². The van der Waals surface area contributed by atoms with Gasteiger partial charge in [0.05, 0.1) is 13.2 Å². The van der Waals surface area contributed by atoms with Crippen molar-refractivity contribution in [2.24, 2.45) is 29.1 Å². The lowest BCUT2D eigenvalue weighted by Crippen LogP contribution is -2.43. The molecule has 0 spiro atoms. The highest BCUT2D eigenvalue weighted by Crippen LogP contribution is 2.47. The number of ether oxygens (including phenoxy) is 2. The van der Waals surface area contributed by atoms with Gasteiger partial charge >= 0.3 is 0 Å². The molecule has 1 saturated carbocycles. The molecule has 0 amide bonds. The third-order valence-corrected chi connectivity index (χ3v) is 8.84. The molecule has 1 aliphatic rings. The molecule has 2 unspecified atom stereocenters. The molecule has 2 nitrogen and oxygen atoms in total. The van der Waals surface area contributed by atoms with Gasteiger partial charge in [0.15, 0.2) is 0 Å². The third kappa shape index (κ3) is 13.0. The minimum Gasteiger partial charge on any atom is -0.381 e. The summed E-state index contributed by atoms with van der Waals surface area (Å²) in [4.78, 5) is -0.0904. The Morgan fingerprint density at radius 3 is 1.76 bits per heavy atom. The summed E-state index contributed by atoms with van der Waals surface area (Å²) in [6.07, 6.45) is 17.0. The van der Waals surface area contributed by atoms with Crippen LogP contribution in [0.1, 0.15) is 138 Å². The van der Waals surface area contributed by atoms with Crippen molar-refractivity contribution in [2.75, 3.05) is 26.4 Å². The van der Waals surface area contributed by atoms with Gasteiger partial charge in [-0.25, -0.2) is 0 Å². The first-order chi connectivity index (χ1) is 16.2. The fourth-order valence-corrected chi connectivity index (χ4v) is 5.92. The van der Waals surface area contributed by atoms with Crippen LogP contribution >= 0.6 is 11.6 Å². The Bertz CT molecular complexity index is 466. The van der Waals surface area contributed by atoms with Gasteiger partial charge in [0, 0.05) is 23.5 Å². The zero-order valence-corrected chi connectivity index (χ0v) is 25.0. The monoisotopic (exact) mass is 500 g/mol. The quantitative estimate of drug-likeness (QED) is 0.122. The molecule has 0 radical (unpaired) electrons. The van der Waals surface area contributed by atoms with Crippen LogP contribution in [0.2, 0.25) is 0 Å². The Morgan fingerprint density at radius 2 is 1.32 bits per heavy atom. The Hall–Kier alpha value is 0.210. The summed E-state index contributed by atoms with van der Waals surface area (Å²) in [5.74, 6) is 2.91. The van der Waals surface area contributed by atoms with Crippen molar-refractivity contribution in [3.05, 3.63) is 0 Å². The van der Waals surface area contributed by atoms with E-state index in [9.17, 15) is 0 Å². The van der Waals surface area contributed by atoms with Gasteiger partial charge in [0.1, 0.15) is 0 Å². The van der Waals surface area contributed by atoms with Crippen molar-refractivity contribution in [3.63, 3.8) is 0 Å². The van der Waals surface area contributed by atoms with E-state index in [0.29, 0.717) is 17.8 Å². The van der Waals surface area contributed by atoms with Crippen LogP contribution in [0.5, 0.6) is 0 Å². The molecule has 1 rings (SSSR count). The maximum absolute atomic E-state index is 7.49. The summed E-state index contributed by atoms with van der Waals surface area (Å²) in [6, 6.07) is 0. The summed E-state index contributed by atoms with van der Waals surface area (Å²) in [5, 5.41) is 0. The van der Waals surface area contributed by atoms with Crippen LogP contribution in [0.3, 0.4) is 0 Å². The van der Waals surface area contributed by atoms with E-state index in [1.165, 1.54) is 51.4 Å². The summed E-state index contributed by atoms with van der Waals surface area (Å²) in [6.45, 7) is 19.7. The van der Waals surface area contributed by atoms with E-state index < -0.39 is 0 Å². The van der Waals surface area contributed by atoms with Gasteiger partial charge < -0.3 is 9.47 Å². The number of hydrogen-bond donors (Lipinski definition) is 0. The van der Waals surface area contributed by atoms with Crippen LogP contribution in [0.25, 0.3) is 0 Å². The van der Waals surface area contributed by atoms with Gasteiger partial charge in [-0.3, -0.25) is 0 Å². The summed E-state index contributed by atoms with van der Waals surface area (Å²) < 4.78 is 12.8. The first-order valence-corrected chi connectivity index (χ1v) is 15.4. The molecule has 1 fully saturated rings. The van der Waals surface area contributed by atoms with E-state index in [0.717, 1.165) is 70.9 Å². The van der Waals surface area contributed by atoms with Crippen molar-refractivity contribution >= 4 is 11.6 Å². The minimum atomic E-state index is -0.0904. The van der Waals surface area contributed by atoms with Crippen molar-refractivity contribution in [1.29, 1.82) is 0 Å². The Morgan fingerprint density at radius 1 is 0.794 bits per heavy atom. The molecule has 0 heterocycles. The molecular formula is C31H61ClO2. The molecule has 34 heavy (non-hydrogen) atoms. The fourth-order valence-electron chi connectivity index (χ4n) is 5.60. The maximum Gasteiger partial charge on any atom is 0.0547 e. The largest absolute Gasteiger partial charge is 0.381 e. The van der Waals surface area contributed by atoms with E-state index in [1.54, 1.807) is 0 Å². The van der Waals surface area contributed by atoms with Gasteiger partial charge in [0.25, 0.3) is 0 Å². The summed E-state index contributed by atoms with van der Waals surface area (Å²) in [7, 11) is 0. The second-order valence-electron chi connectivity index (χ2n) is 12.7. The number of unbranched alkanes of at least 4 members (excludes halogenated alkanes) is 2. The molecule has 2 atom stereocenters. The molecule has 0 aromatic heterocycles. The zero-order chi connectivity index (χ0) is 25.5. The normalized spacial score (nSPS) is 19.9. The molecule has 0 saturated heterocycles. The van der Waals surface area contributed by atoms with E-state index in [2.05, 4.69) is 48.5 Å². The number of halogens is 1. The van der Waals surface area contributed by atoms with E-state index in [1.807, 2.05) is 0 Å². The molecule has 3 heteroatoms. The standard InChI is InChI=1S/C31H61ClO2/c1-8-10-21-33-24-30(25-34-22-11-9-2,29-14-12-13-28(7)23-29)19-20-31(32,17-15-26(3)4)18-16-27(5)6/h26-29H,8-25H2,1-7H3. The molecule has 0 aromatic rings. The molecule has 204 valence electrons. The number of hydrogen-bond acceptors (Lipinski definition) is 2. The lowest BCUT2D eigenvalue weighted by atomic mass is 9.64. The Balaban J connectivity index is 3.09. The van der Waals surface area contributed by atoms with Gasteiger partial charge in [-0.2, -0.15) is 0 Å². The topological polar surface area (TPSA) is 18.5 Å². The molecule has 0 N–H and O–H groups in total. The third-order valence-electron chi connectivity index (χ3n) is 8.28. The van der Waals surface area contributed by atoms with Crippen LogP contribution in [0, 0.1) is 29.1 Å². The average Bonchev–Trinajstić information content (AvgIpc) is 2.80. The van der Waals surface area contributed by atoms with Crippen LogP contribution in [0.4, 0.5) is 0 Å². The van der Waals surface area contributed by atoms with E-state index in [-0.39, 0.29) is 10.3 Å². The predicted octanol–water partition coefficient (Wildman–Crippen LogP) is 10.1. The van der Waals surface area contributed by atoms with Crippen molar-refractivity contribution in [1.82, 2.24) is 0 Å². The second-order valence-corrected chi connectivity index (χ2v) is 13.5. The maximum atomic E-state index is 7.49. The first kappa shape index (κ1) is 32.2. The lowest BCUT2D eigenvalue weighted by molar-refractivity contribution is -0.0767. The smallest absolute Gasteiger partial charge is 0.0547 e. The predicted molar refractivity (Wildman–Crippen MR) is 151 cm³/mol. The van der Waals surface area contributed by atoms with Crippen molar-refractivity contribution in [3.8, 4) is 0 Å². The summed E-state index contributed by atoms with van der Waals surface area (Å²) >= 11 is 7.49. The molecule has 1 aliphatic carbocycles. The van der Waals surface area contributed by atoms with Crippen molar-refractivity contribution in [2.45, 2.75) is 143 Å². The van der Waals surface area contributed by atoms with E-state index >= 15 is 0 Å². The Labute approximate surface area is 219 Å². The number of alkyl halides is 1. The summed E-state index contributed by atoms with van der Waals surface area (Å²) in [5.41, 5.74) is 0.103. The second kappa shape index (κ2) is 17.6. The highest BCUT2D eigenvalue weighted by atomic mass is 35.5. The van der Waals surface area contributed by atoms with Crippen LogP contribution < -0.4 is 0 Å². The minimum absolute atomic E-state index is 0.0904. The average molecular weight is 501 g/mol. The van der Waals surface area contributed by atoms with Crippen molar-refractivity contribution < 1.29 is 9.47 Å². The Kier molecular flexibility index (Phi) is 16.7. The number of rotatable bonds is 20. The highest BCUT2D eigenvalue weighted by molar-refractivity contribution is 6.23.